The maximum Gasteiger partial charge on any atom is 0.339 e. The molecule has 1 N–H and O–H groups in total. The highest BCUT2D eigenvalue weighted by Gasteiger charge is 2.17. The Labute approximate surface area is 172 Å². The highest BCUT2D eigenvalue weighted by molar-refractivity contribution is 7.84. The van der Waals surface area contributed by atoms with E-state index in [1.807, 2.05) is 13.8 Å². The fourth-order valence-corrected chi connectivity index (χ4v) is 3.45. The van der Waals surface area contributed by atoms with Crippen molar-refractivity contribution in [2.75, 3.05) is 31.3 Å². The van der Waals surface area contributed by atoms with Gasteiger partial charge in [-0.05, 0) is 44.2 Å². The van der Waals surface area contributed by atoms with Gasteiger partial charge in [-0.1, -0.05) is 18.2 Å². The molecule has 2 amide bonds. The van der Waals surface area contributed by atoms with Crippen molar-refractivity contribution in [2.45, 2.75) is 18.7 Å². The molecule has 0 aliphatic rings. The van der Waals surface area contributed by atoms with E-state index in [0.717, 1.165) is 0 Å². The van der Waals surface area contributed by atoms with Crippen molar-refractivity contribution < 1.29 is 23.3 Å². The van der Waals surface area contributed by atoms with E-state index in [0.29, 0.717) is 29.2 Å². The van der Waals surface area contributed by atoms with E-state index in [1.54, 1.807) is 47.4 Å². The van der Waals surface area contributed by atoms with Crippen LogP contribution in [0.3, 0.4) is 0 Å². The molecule has 0 saturated heterocycles. The Kier molecular flexibility index (Phi) is 8.09. The second-order valence-electron chi connectivity index (χ2n) is 6.13. The Morgan fingerprint density at radius 1 is 1.03 bits per heavy atom. The number of amides is 2. The Morgan fingerprint density at radius 3 is 2.38 bits per heavy atom. The van der Waals surface area contributed by atoms with Crippen LogP contribution < -0.4 is 5.32 Å². The molecule has 7 nitrogen and oxygen atoms in total. The van der Waals surface area contributed by atoms with Gasteiger partial charge < -0.3 is 15.0 Å². The number of nitrogens with zero attached hydrogens (tertiary/aromatic N) is 1. The lowest BCUT2D eigenvalue weighted by atomic mass is 10.1. The number of hydrogen-bond acceptors (Lipinski definition) is 5. The zero-order chi connectivity index (χ0) is 21.4. The van der Waals surface area contributed by atoms with Crippen LogP contribution in [0.4, 0.5) is 5.69 Å². The Hall–Kier alpha value is -3.00. The van der Waals surface area contributed by atoms with Crippen molar-refractivity contribution in [1.82, 2.24) is 4.90 Å². The minimum atomic E-state index is -1.36. The third-order valence-electron chi connectivity index (χ3n) is 4.19. The molecule has 0 bridgehead atoms. The van der Waals surface area contributed by atoms with Crippen LogP contribution in [-0.2, 0) is 20.3 Å². The van der Waals surface area contributed by atoms with Gasteiger partial charge in [-0.2, -0.15) is 0 Å². The van der Waals surface area contributed by atoms with E-state index >= 15 is 0 Å². The van der Waals surface area contributed by atoms with Crippen molar-refractivity contribution in [3.63, 3.8) is 0 Å². The number of carbonyl (C=O) groups excluding carboxylic acids is 3. The van der Waals surface area contributed by atoms with Crippen molar-refractivity contribution in [3.8, 4) is 0 Å². The lowest BCUT2D eigenvalue weighted by molar-refractivity contribution is -0.119. The molecule has 2 aromatic rings. The van der Waals surface area contributed by atoms with Crippen LogP contribution in [0.2, 0.25) is 0 Å². The van der Waals surface area contributed by atoms with Crippen molar-refractivity contribution in [3.05, 3.63) is 59.7 Å². The van der Waals surface area contributed by atoms with Crippen LogP contribution in [0.25, 0.3) is 0 Å². The molecule has 29 heavy (non-hydrogen) atoms. The predicted molar refractivity (Wildman–Crippen MR) is 111 cm³/mol. The number of anilines is 1. The summed E-state index contributed by atoms with van der Waals surface area (Å²) in [5.74, 6) is -1.39. The fourth-order valence-electron chi connectivity index (χ4n) is 2.72. The monoisotopic (exact) mass is 416 g/mol. The van der Waals surface area contributed by atoms with Gasteiger partial charge in [-0.15, -0.1) is 0 Å². The van der Waals surface area contributed by atoms with E-state index in [-0.39, 0.29) is 11.5 Å². The zero-order valence-electron chi connectivity index (χ0n) is 16.6. The number of hydrogen-bond donors (Lipinski definition) is 1. The van der Waals surface area contributed by atoms with Gasteiger partial charge in [0.25, 0.3) is 11.8 Å². The molecule has 0 aromatic heterocycles. The summed E-state index contributed by atoms with van der Waals surface area (Å²) >= 11 is 0. The molecule has 0 spiro atoms. The minimum Gasteiger partial charge on any atom is -0.452 e. The fraction of sp³-hybridized carbons (Fsp3) is 0.286. The standard InChI is InChI=1S/C21H24N2O5S/c1-4-23(5-2)20(25)15-9-8-10-16(13-15)22-19(24)14-28-21(26)17-11-6-7-12-18(17)29(3)27/h6-13H,4-5,14H2,1-3H3,(H,22,24)/t29-/m0/s1. The molecule has 0 fully saturated rings. The summed E-state index contributed by atoms with van der Waals surface area (Å²) in [5.41, 5.74) is 1.05. The first-order valence-corrected chi connectivity index (χ1v) is 10.7. The summed E-state index contributed by atoms with van der Waals surface area (Å²) < 4.78 is 16.8. The summed E-state index contributed by atoms with van der Waals surface area (Å²) in [4.78, 5) is 38.8. The van der Waals surface area contributed by atoms with Gasteiger partial charge in [0.2, 0.25) is 0 Å². The first-order chi connectivity index (χ1) is 13.9. The minimum absolute atomic E-state index is 0.123. The molecule has 0 aliphatic heterocycles. The van der Waals surface area contributed by atoms with Crippen LogP contribution >= 0.6 is 0 Å². The van der Waals surface area contributed by atoms with Crippen LogP contribution in [-0.4, -0.2) is 52.8 Å². The van der Waals surface area contributed by atoms with Gasteiger partial charge in [-0.25, -0.2) is 4.79 Å². The molecular weight excluding hydrogens is 392 g/mol. The molecule has 2 rings (SSSR count). The molecule has 0 aliphatic carbocycles. The molecule has 154 valence electrons. The van der Waals surface area contributed by atoms with Gasteiger partial charge in [-0.3, -0.25) is 13.8 Å². The Bertz CT molecular complexity index is 925. The molecule has 8 heteroatoms. The zero-order valence-corrected chi connectivity index (χ0v) is 17.5. The molecule has 1 atom stereocenters. The predicted octanol–water partition coefficient (Wildman–Crippen LogP) is 2.70. The van der Waals surface area contributed by atoms with E-state index < -0.39 is 29.3 Å². The number of esters is 1. The van der Waals surface area contributed by atoms with Crippen molar-refractivity contribution in [2.24, 2.45) is 0 Å². The third kappa shape index (κ3) is 5.99. The summed E-state index contributed by atoms with van der Waals surface area (Å²) in [5, 5.41) is 2.61. The van der Waals surface area contributed by atoms with Gasteiger partial charge >= 0.3 is 5.97 Å². The maximum atomic E-state index is 12.4. The van der Waals surface area contributed by atoms with E-state index in [1.165, 1.54) is 12.3 Å². The third-order valence-corrected chi connectivity index (χ3v) is 5.17. The van der Waals surface area contributed by atoms with Crippen LogP contribution in [0, 0.1) is 0 Å². The second kappa shape index (κ2) is 10.5. The summed E-state index contributed by atoms with van der Waals surface area (Å²) in [6, 6.07) is 13.0. The van der Waals surface area contributed by atoms with Crippen LogP contribution in [0.1, 0.15) is 34.6 Å². The van der Waals surface area contributed by atoms with Crippen LogP contribution in [0.5, 0.6) is 0 Å². The van der Waals surface area contributed by atoms with E-state index in [4.69, 9.17) is 4.74 Å². The first kappa shape index (κ1) is 22.3. The largest absolute Gasteiger partial charge is 0.452 e. The average Bonchev–Trinajstić information content (AvgIpc) is 2.73. The highest BCUT2D eigenvalue weighted by Crippen LogP contribution is 2.15. The molecule has 0 saturated carbocycles. The quantitative estimate of drug-likeness (QED) is 0.668. The van der Waals surface area contributed by atoms with Crippen molar-refractivity contribution in [1.29, 1.82) is 0 Å². The van der Waals surface area contributed by atoms with Gasteiger partial charge in [0.1, 0.15) is 0 Å². The Balaban J connectivity index is 2.00. The first-order valence-electron chi connectivity index (χ1n) is 9.16. The van der Waals surface area contributed by atoms with Gasteiger partial charge in [0, 0.05) is 30.6 Å². The second-order valence-corrected chi connectivity index (χ2v) is 7.48. The molecular formula is C21H24N2O5S. The topological polar surface area (TPSA) is 92.8 Å². The molecule has 0 unspecified atom stereocenters. The number of ether oxygens (including phenoxy) is 1. The number of carbonyl (C=O) groups is 3. The Morgan fingerprint density at radius 2 is 1.72 bits per heavy atom. The van der Waals surface area contributed by atoms with Gasteiger partial charge in [0.05, 0.1) is 21.3 Å². The average molecular weight is 416 g/mol. The van der Waals surface area contributed by atoms with E-state index in [9.17, 15) is 18.6 Å². The van der Waals surface area contributed by atoms with Crippen molar-refractivity contribution >= 4 is 34.3 Å². The van der Waals surface area contributed by atoms with Crippen LogP contribution in [0.15, 0.2) is 53.4 Å². The van der Waals surface area contributed by atoms with Gasteiger partial charge in [0.15, 0.2) is 6.61 Å². The SMILES string of the molecule is CCN(CC)C(=O)c1cccc(NC(=O)COC(=O)c2ccccc2[S@](C)=O)c1. The summed E-state index contributed by atoms with van der Waals surface area (Å²) in [6.07, 6.45) is 1.46. The highest BCUT2D eigenvalue weighted by atomic mass is 32.2. The normalized spacial score (nSPS) is 11.4. The smallest absolute Gasteiger partial charge is 0.339 e. The van der Waals surface area contributed by atoms with E-state index in [2.05, 4.69) is 5.32 Å². The molecule has 0 radical (unpaired) electrons. The number of benzene rings is 2. The number of nitrogens with one attached hydrogen (secondary N) is 1. The molecule has 2 aromatic carbocycles. The summed E-state index contributed by atoms with van der Waals surface area (Å²) in [6.45, 7) is 4.47. The number of rotatable bonds is 8. The lowest BCUT2D eigenvalue weighted by Gasteiger charge is -2.19. The molecule has 0 heterocycles. The maximum absolute atomic E-state index is 12.4. The summed E-state index contributed by atoms with van der Waals surface area (Å²) in [7, 11) is -1.36. The lowest BCUT2D eigenvalue weighted by Crippen LogP contribution is -2.30.